The van der Waals surface area contributed by atoms with E-state index in [2.05, 4.69) is 41.8 Å². The quantitative estimate of drug-likeness (QED) is 0.719. The smallest absolute Gasteiger partial charge is 0.213 e. The van der Waals surface area contributed by atoms with E-state index in [1.165, 1.54) is 0 Å². The van der Waals surface area contributed by atoms with E-state index in [0.717, 1.165) is 43.0 Å². The first-order valence-electron chi connectivity index (χ1n) is 8.14. The fourth-order valence-corrected chi connectivity index (χ4v) is 3.18. The van der Waals surface area contributed by atoms with Crippen LogP contribution < -0.4 is 4.90 Å². The number of halogens is 1. The molecule has 0 amide bonds. The SMILES string of the molecule is N#CCCN1CCN(c2cccc(C(=O)c3cncc(Br)c3)n2)CC1. The molecule has 0 spiro atoms. The number of ketones is 1. The van der Waals surface area contributed by atoms with Crippen LogP contribution in [0.15, 0.2) is 41.1 Å². The van der Waals surface area contributed by atoms with Gasteiger partial charge in [0.05, 0.1) is 6.07 Å². The second-order valence-electron chi connectivity index (χ2n) is 5.84. The Morgan fingerprint density at radius 1 is 1.24 bits per heavy atom. The number of piperazine rings is 1. The van der Waals surface area contributed by atoms with E-state index >= 15 is 0 Å². The van der Waals surface area contributed by atoms with Crippen molar-refractivity contribution < 1.29 is 4.79 Å². The number of anilines is 1. The Balaban J connectivity index is 1.70. The molecule has 0 aromatic carbocycles. The number of aromatic nitrogens is 2. The van der Waals surface area contributed by atoms with Gasteiger partial charge in [0.15, 0.2) is 0 Å². The van der Waals surface area contributed by atoms with Crippen molar-refractivity contribution in [2.24, 2.45) is 0 Å². The summed E-state index contributed by atoms with van der Waals surface area (Å²) in [5.41, 5.74) is 0.935. The summed E-state index contributed by atoms with van der Waals surface area (Å²) in [7, 11) is 0. The molecule has 7 heteroatoms. The average Bonchev–Trinajstić information content (AvgIpc) is 2.66. The Labute approximate surface area is 155 Å². The molecule has 0 unspecified atom stereocenters. The average molecular weight is 400 g/mol. The summed E-state index contributed by atoms with van der Waals surface area (Å²) in [6.07, 6.45) is 3.75. The molecule has 128 valence electrons. The van der Waals surface area contributed by atoms with Gasteiger partial charge in [0, 0.05) is 61.6 Å². The molecule has 0 atom stereocenters. The first-order chi connectivity index (χ1) is 12.2. The largest absolute Gasteiger partial charge is 0.354 e. The molecule has 25 heavy (non-hydrogen) atoms. The van der Waals surface area contributed by atoms with Crippen molar-refractivity contribution in [3.8, 4) is 6.07 Å². The second kappa shape index (κ2) is 8.19. The van der Waals surface area contributed by atoms with Crippen molar-refractivity contribution in [3.63, 3.8) is 0 Å². The molecular weight excluding hydrogens is 382 g/mol. The number of nitriles is 1. The first kappa shape index (κ1) is 17.5. The molecule has 1 saturated heterocycles. The molecule has 1 fully saturated rings. The Bertz CT molecular complexity index is 796. The van der Waals surface area contributed by atoms with Gasteiger partial charge in [-0.25, -0.2) is 4.98 Å². The maximum atomic E-state index is 12.6. The minimum Gasteiger partial charge on any atom is -0.354 e. The van der Waals surface area contributed by atoms with Crippen LogP contribution in [0, 0.1) is 11.3 Å². The molecule has 3 heterocycles. The Morgan fingerprint density at radius 3 is 2.76 bits per heavy atom. The third-order valence-corrected chi connectivity index (χ3v) is 4.60. The van der Waals surface area contributed by atoms with Crippen LogP contribution in [-0.2, 0) is 0 Å². The van der Waals surface area contributed by atoms with Gasteiger partial charge in [-0.15, -0.1) is 0 Å². The van der Waals surface area contributed by atoms with Crippen molar-refractivity contribution in [1.82, 2.24) is 14.9 Å². The molecule has 0 saturated carbocycles. The van der Waals surface area contributed by atoms with E-state index < -0.39 is 0 Å². The zero-order valence-electron chi connectivity index (χ0n) is 13.7. The molecule has 1 aliphatic heterocycles. The number of nitrogens with zero attached hydrogens (tertiary/aromatic N) is 5. The minimum absolute atomic E-state index is 0.136. The fraction of sp³-hybridized carbons (Fsp3) is 0.333. The lowest BCUT2D eigenvalue weighted by Crippen LogP contribution is -2.46. The third-order valence-electron chi connectivity index (χ3n) is 4.17. The lowest BCUT2D eigenvalue weighted by atomic mass is 10.1. The monoisotopic (exact) mass is 399 g/mol. The molecular formula is C18H18BrN5O. The van der Waals surface area contributed by atoms with Gasteiger partial charge in [0.25, 0.3) is 0 Å². The van der Waals surface area contributed by atoms with Crippen LogP contribution in [-0.4, -0.2) is 53.4 Å². The number of pyridine rings is 2. The van der Waals surface area contributed by atoms with Gasteiger partial charge < -0.3 is 4.90 Å². The van der Waals surface area contributed by atoms with Gasteiger partial charge in [-0.2, -0.15) is 5.26 Å². The van der Waals surface area contributed by atoms with Gasteiger partial charge in [0.2, 0.25) is 5.78 Å². The fourth-order valence-electron chi connectivity index (χ4n) is 2.82. The Hall–Kier alpha value is -2.30. The first-order valence-corrected chi connectivity index (χ1v) is 8.93. The Kier molecular flexibility index (Phi) is 5.74. The molecule has 0 radical (unpaired) electrons. The van der Waals surface area contributed by atoms with E-state index in [0.29, 0.717) is 17.7 Å². The van der Waals surface area contributed by atoms with Gasteiger partial charge in [0.1, 0.15) is 11.5 Å². The normalized spacial score (nSPS) is 15.0. The molecule has 0 bridgehead atoms. The van der Waals surface area contributed by atoms with Gasteiger partial charge in [-0.1, -0.05) is 6.07 Å². The number of hydrogen-bond acceptors (Lipinski definition) is 6. The highest BCUT2D eigenvalue weighted by atomic mass is 79.9. The van der Waals surface area contributed by atoms with Crippen LogP contribution >= 0.6 is 15.9 Å². The zero-order valence-corrected chi connectivity index (χ0v) is 15.3. The topological polar surface area (TPSA) is 73.1 Å². The van der Waals surface area contributed by atoms with E-state index in [4.69, 9.17) is 5.26 Å². The number of carbonyl (C=O) groups excluding carboxylic acids is 1. The van der Waals surface area contributed by atoms with Crippen LogP contribution in [0.25, 0.3) is 0 Å². The molecule has 0 N–H and O–H groups in total. The molecule has 1 aliphatic rings. The Morgan fingerprint density at radius 2 is 2.04 bits per heavy atom. The summed E-state index contributed by atoms with van der Waals surface area (Å²) in [6, 6.07) is 9.46. The third kappa shape index (κ3) is 4.41. The van der Waals surface area contributed by atoms with Crippen LogP contribution in [0.4, 0.5) is 5.82 Å². The lowest BCUT2D eigenvalue weighted by molar-refractivity contribution is 0.103. The van der Waals surface area contributed by atoms with Crippen LogP contribution in [0.2, 0.25) is 0 Å². The standard InChI is InChI=1S/C18H18BrN5O/c19-15-11-14(12-21-13-15)18(25)16-3-1-4-17(22-16)24-9-7-23(8-10-24)6-2-5-20/h1,3-4,11-13H,2,6-10H2. The predicted octanol–water partition coefficient (Wildman–Crippen LogP) is 2.51. The molecule has 2 aromatic rings. The van der Waals surface area contributed by atoms with E-state index in [1.54, 1.807) is 24.5 Å². The van der Waals surface area contributed by atoms with Crippen molar-refractivity contribution in [2.45, 2.75) is 6.42 Å². The molecule has 6 nitrogen and oxygen atoms in total. The predicted molar refractivity (Wildman–Crippen MR) is 98.5 cm³/mol. The maximum absolute atomic E-state index is 12.6. The van der Waals surface area contributed by atoms with Crippen LogP contribution in [0.1, 0.15) is 22.5 Å². The molecule has 2 aromatic heterocycles. The number of carbonyl (C=O) groups is 1. The van der Waals surface area contributed by atoms with Gasteiger partial charge in [-0.05, 0) is 34.1 Å². The summed E-state index contributed by atoms with van der Waals surface area (Å²) < 4.78 is 0.767. The van der Waals surface area contributed by atoms with E-state index in [1.807, 2.05) is 12.1 Å². The second-order valence-corrected chi connectivity index (χ2v) is 6.75. The minimum atomic E-state index is -0.136. The van der Waals surface area contributed by atoms with Gasteiger partial charge >= 0.3 is 0 Å². The lowest BCUT2D eigenvalue weighted by Gasteiger charge is -2.35. The molecule has 3 rings (SSSR count). The summed E-state index contributed by atoms with van der Waals surface area (Å²) in [6.45, 7) is 4.30. The highest BCUT2D eigenvalue weighted by molar-refractivity contribution is 9.10. The van der Waals surface area contributed by atoms with E-state index in [9.17, 15) is 4.79 Å². The number of hydrogen-bond donors (Lipinski definition) is 0. The van der Waals surface area contributed by atoms with Crippen molar-refractivity contribution >= 4 is 27.5 Å². The highest BCUT2D eigenvalue weighted by Crippen LogP contribution is 2.17. The van der Waals surface area contributed by atoms with Crippen molar-refractivity contribution in [2.75, 3.05) is 37.6 Å². The molecule has 0 aliphatic carbocycles. The van der Waals surface area contributed by atoms with Crippen LogP contribution in [0.5, 0.6) is 0 Å². The van der Waals surface area contributed by atoms with Crippen molar-refractivity contribution in [3.05, 3.63) is 52.4 Å². The van der Waals surface area contributed by atoms with Crippen molar-refractivity contribution in [1.29, 1.82) is 5.26 Å². The summed E-state index contributed by atoms with van der Waals surface area (Å²) >= 11 is 3.34. The number of rotatable bonds is 5. The maximum Gasteiger partial charge on any atom is 0.213 e. The highest BCUT2D eigenvalue weighted by Gasteiger charge is 2.19. The van der Waals surface area contributed by atoms with Gasteiger partial charge in [-0.3, -0.25) is 14.7 Å². The summed E-state index contributed by atoms with van der Waals surface area (Å²) in [5, 5.41) is 8.68. The summed E-state index contributed by atoms with van der Waals surface area (Å²) in [4.78, 5) is 25.7. The zero-order chi connectivity index (χ0) is 17.6. The van der Waals surface area contributed by atoms with Crippen LogP contribution in [0.3, 0.4) is 0 Å². The summed E-state index contributed by atoms with van der Waals surface area (Å²) in [5.74, 6) is 0.678. The van der Waals surface area contributed by atoms with E-state index in [-0.39, 0.29) is 5.78 Å².